The van der Waals surface area contributed by atoms with E-state index in [0.29, 0.717) is 10.7 Å². The van der Waals surface area contributed by atoms with Crippen molar-refractivity contribution in [3.8, 4) is 0 Å². The van der Waals surface area contributed by atoms with Crippen molar-refractivity contribution >= 4 is 23.4 Å². The average molecular weight is 362 g/mol. The molecule has 24 heavy (non-hydrogen) atoms. The first kappa shape index (κ1) is 16.9. The van der Waals surface area contributed by atoms with Crippen LogP contribution < -0.4 is 0 Å². The van der Waals surface area contributed by atoms with E-state index >= 15 is 0 Å². The van der Waals surface area contributed by atoms with Gasteiger partial charge in [0.15, 0.2) is 0 Å². The fraction of sp³-hybridized carbons (Fsp3) is 0.105. The molecule has 3 rings (SSSR count). The summed E-state index contributed by atoms with van der Waals surface area (Å²) < 4.78 is 28.1. The highest BCUT2D eigenvalue weighted by Crippen LogP contribution is 2.42. The van der Waals surface area contributed by atoms with Crippen LogP contribution >= 0.6 is 23.4 Å². The molecule has 0 N–H and O–H groups in total. The van der Waals surface area contributed by atoms with Gasteiger partial charge in [-0.15, -0.1) is 11.8 Å². The van der Waals surface area contributed by atoms with Crippen LogP contribution in [0.15, 0.2) is 65.7 Å². The predicted octanol–water partition coefficient (Wildman–Crippen LogP) is 6.20. The number of halogens is 3. The molecule has 1 heterocycles. The van der Waals surface area contributed by atoms with E-state index in [0.717, 1.165) is 22.6 Å². The summed E-state index contributed by atoms with van der Waals surface area (Å²) in [6, 6.07) is 14.5. The van der Waals surface area contributed by atoms with E-state index in [9.17, 15) is 8.78 Å². The van der Waals surface area contributed by atoms with E-state index in [-0.39, 0.29) is 5.56 Å². The molecule has 0 spiro atoms. The Morgan fingerprint density at radius 1 is 1.04 bits per heavy atom. The van der Waals surface area contributed by atoms with Crippen LogP contribution in [0.2, 0.25) is 5.02 Å². The molecule has 1 atom stereocenters. The number of hydrogen-bond acceptors (Lipinski definition) is 2. The van der Waals surface area contributed by atoms with E-state index in [1.165, 1.54) is 17.8 Å². The first-order valence-corrected chi connectivity index (χ1v) is 8.59. The van der Waals surface area contributed by atoms with Gasteiger partial charge in [-0.05, 0) is 61.0 Å². The third kappa shape index (κ3) is 3.77. The quantitative estimate of drug-likeness (QED) is 0.513. The second kappa shape index (κ2) is 7.32. The molecule has 0 aliphatic heterocycles. The van der Waals surface area contributed by atoms with Crippen LogP contribution in [0.3, 0.4) is 0 Å². The van der Waals surface area contributed by atoms with Crippen molar-refractivity contribution in [1.29, 1.82) is 0 Å². The standard InChI is InChI=1S/C19H14ClF2NS/c1-12-3-2-10-23-18(12)19(16-11-14(21)6-9-17(16)22)24-15-7-4-13(20)5-8-15/h2-11,19H,1H3. The molecule has 0 aliphatic carbocycles. The number of pyridine rings is 1. The minimum absolute atomic E-state index is 0.275. The van der Waals surface area contributed by atoms with Gasteiger partial charge in [-0.1, -0.05) is 17.7 Å². The van der Waals surface area contributed by atoms with Gasteiger partial charge in [-0.2, -0.15) is 0 Å². The van der Waals surface area contributed by atoms with Gasteiger partial charge < -0.3 is 0 Å². The van der Waals surface area contributed by atoms with Gasteiger partial charge in [-0.3, -0.25) is 4.98 Å². The molecule has 5 heteroatoms. The lowest BCUT2D eigenvalue weighted by molar-refractivity contribution is 0.587. The van der Waals surface area contributed by atoms with Crippen molar-refractivity contribution in [2.75, 3.05) is 0 Å². The van der Waals surface area contributed by atoms with Crippen molar-refractivity contribution in [3.63, 3.8) is 0 Å². The normalized spacial score (nSPS) is 12.2. The second-order valence-corrected chi connectivity index (χ2v) is 6.94. The topological polar surface area (TPSA) is 12.9 Å². The van der Waals surface area contributed by atoms with Crippen LogP contribution in [0.1, 0.15) is 22.1 Å². The highest BCUT2D eigenvalue weighted by molar-refractivity contribution is 7.99. The number of aromatic nitrogens is 1. The lowest BCUT2D eigenvalue weighted by Gasteiger charge is -2.19. The summed E-state index contributed by atoms with van der Waals surface area (Å²) in [6.07, 6.45) is 1.66. The van der Waals surface area contributed by atoms with Crippen LogP contribution in [-0.2, 0) is 0 Å². The molecule has 0 amide bonds. The van der Waals surface area contributed by atoms with Crippen LogP contribution in [-0.4, -0.2) is 4.98 Å². The molecular weight excluding hydrogens is 348 g/mol. The molecule has 1 aromatic heterocycles. The molecule has 0 saturated carbocycles. The fourth-order valence-corrected chi connectivity index (χ4v) is 3.76. The van der Waals surface area contributed by atoms with Gasteiger partial charge in [0, 0.05) is 21.7 Å². The maximum Gasteiger partial charge on any atom is 0.128 e. The number of nitrogens with zero attached hydrogens (tertiary/aromatic N) is 1. The summed E-state index contributed by atoms with van der Waals surface area (Å²) in [7, 11) is 0. The molecule has 0 fully saturated rings. The molecule has 0 bridgehead atoms. The van der Waals surface area contributed by atoms with E-state index in [2.05, 4.69) is 4.98 Å². The zero-order chi connectivity index (χ0) is 17.1. The lowest BCUT2D eigenvalue weighted by atomic mass is 10.0. The Labute approximate surface area is 148 Å². The number of rotatable bonds is 4. The Morgan fingerprint density at radius 3 is 2.50 bits per heavy atom. The molecule has 1 unspecified atom stereocenters. The van der Waals surface area contributed by atoms with E-state index < -0.39 is 16.9 Å². The minimum Gasteiger partial charge on any atom is -0.259 e. The Balaban J connectivity index is 2.08. The number of thioether (sulfide) groups is 1. The summed E-state index contributed by atoms with van der Waals surface area (Å²) in [5.74, 6) is -0.922. The number of aryl methyl sites for hydroxylation is 1. The Bertz CT molecular complexity index is 852. The molecular formula is C19H14ClF2NS. The van der Waals surface area contributed by atoms with Crippen molar-refractivity contribution in [3.05, 3.63) is 94.3 Å². The van der Waals surface area contributed by atoms with E-state index in [1.54, 1.807) is 18.3 Å². The maximum atomic E-state index is 14.4. The number of hydrogen-bond donors (Lipinski definition) is 0. The van der Waals surface area contributed by atoms with Crippen LogP contribution in [0.4, 0.5) is 8.78 Å². The minimum atomic E-state index is -0.471. The molecule has 0 saturated heterocycles. The SMILES string of the molecule is Cc1cccnc1C(Sc1ccc(Cl)cc1)c1cc(F)ccc1F. The summed E-state index contributed by atoms with van der Waals surface area (Å²) >= 11 is 7.34. The highest BCUT2D eigenvalue weighted by atomic mass is 35.5. The highest BCUT2D eigenvalue weighted by Gasteiger charge is 2.23. The smallest absolute Gasteiger partial charge is 0.128 e. The van der Waals surface area contributed by atoms with Crippen LogP contribution in [0.5, 0.6) is 0 Å². The van der Waals surface area contributed by atoms with E-state index in [1.807, 2.05) is 31.2 Å². The summed E-state index contributed by atoms with van der Waals surface area (Å²) in [5.41, 5.74) is 1.91. The van der Waals surface area contributed by atoms with Gasteiger partial charge in [0.1, 0.15) is 11.6 Å². The molecule has 122 valence electrons. The second-order valence-electron chi connectivity index (χ2n) is 5.32. The largest absolute Gasteiger partial charge is 0.259 e. The van der Waals surface area contributed by atoms with E-state index in [4.69, 9.17) is 11.6 Å². The Morgan fingerprint density at radius 2 is 1.79 bits per heavy atom. The summed E-state index contributed by atoms with van der Waals surface area (Å²) in [6.45, 7) is 1.91. The van der Waals surface area contributed by atoms with Crippen molar-refractivity contribution in [1.82, 2.24) is 4.98 Å². The van der Waals surface area contributed by atoms with Crippen molar-refractivity contribution in [2.45, 2.75) is 17.1 Å². The van der Waals surface area contributed by atoms with Crippen molar-refractivity contribution < 1.29 is 8.78 Å². The average Bonchev–Trinajstić information content (AvgIpc) is 2.58. The lowest BCUT2D eigenvalue weighted by Crippen LogP contribution is -2.05. The predicted molar refractivity (Wildman–Crippen MR) is 94.5 cm³/mol. The van der Waals surface area contributed by atoms with Gasteiger partial charge >= 0.3 is 0 Å². The van der Waals surface area contributed by atoms with Gasteiger partial charge in [0.2, 0.25) is 0 Å². The first-order chi connectivity index (χ1) is 11.5. The Kier molecular flexibility index (Phi) is 5.17. The van der Waals surface area contributed by atoms with Gasteiger partial charge in [0.05, 0.1) is 10.9 Å². The molecule has 3 aromatic rings. The maximum absolute atomic E-state index is 14.4. The summed E-state index contributed by atoms with van der Waals surface area (Å²) in [5, 5.41) is 0.171. The van der Waals surface area contributed by atoms with Crippen LogP contribution in [0, 0.1) is 18.6 Å². The monoisotopic (exact) mass is 361 g/mol. The third-order valence-electron chi connectivity index (χ3n) is 3.61. The van der Waals surface area contributed by atoms with Gasteiger partial charge in [-0.25, -0.2) is 8.78 Å². The van der Waals surface area contributed by atoms with Crippen molar-refractivity contribution in [2.24, 2.45) is 0 Å². The van der Waals surface area contributed by atoms with Crippen LogP contribution in [0.25, 0.3) is 0 Å². The third-order valence-corrected chi connectivity index (χ3v) is 5.12. The molecule has 1 nitrogen and oxygen atoms in total. The molecule has 0 aliphatic rings. The zero-order valence-corrected chi connectivity index (χ0v) is 14.4. The first-order valence-electron chi connectivity index (χ1n) is 7.33. The fourth-order valence-electron chi connectivity index (χ4n) is 2.40. The van der Waals surface area contributed by atoms with Gasteiger partial charge in [0.25, 0.3) is 0 Å². The summed E-state index contributed by atoms with van der Waals surface area (Å²) in [4.78, 5) is 5.30. The molecule has 2 aromatic carbocycles. The Hall–Kier alpha value is -1.91. The number of benzene rings is 2. The molecule has 0 radical (unpaired) electrons. The zero-order valence-electron chi connectivity index (χ0n) is 12.8.